The molecule has 0 spiro atoms. The summed E-state index contributed by atoms with van der Waals surface area (Å²) in [7, 11) is 0. The summed E-state index contributed by atoms with van der Waals surface area (Å²) in [5.74, 6) is -1.90. The Bertz CT molecular complexity index is 486. The van der Waals surface area contributed by atoms with Gasteiger partial charge in [0, 0.05) is 11.6 Å². The third-order valence-corrected chi connectivity index (χ3v) is 4.05. The standard InChI is InChI=1S/C15H18ClNO3/c16-11-6-4-10(5-7-11)8-9-17-14(18)12-2-1-3-13(12)15(19)20/h4-7,12-13H,1-3,8-9H2,(H,17,18)(H,19,20). The van der Waals surface area contributed by atoms with Gasteiger partial charge in [0.2, 0.25) is 5.91 Å². The van der Waals surface area contributed by atoms with Crippen LogP contribution in [-0.4, -0.2) is 23.5 Å². The molecule has 2 rings (SSSR count). The quantitative estimate of drug-likeness (QED) is 0.877. The molecule has 0 radical (unpaired) electrons. The summed E-state index contributed by atoms with van der Waals surface area (Å²) in [6.45, 7) is 0.517. The van der Waals surface area contributed by atoms with E-state index >= 15 is 0 Å². The van der Waals surface area contributed by atoms with Crippen LogP contribution in [0.4, 0.5) is 0 Å². The number of hydrogen-bond acceptors (Lipinski definition) is 2. The van der Waals surface area contributed by atoms with Gasteiger partial charge in [0.1, 0.15) is 0 Å². The number of benzene rings is 1. The van der Waals surface area contributed by atoms with E-state index in [-0.39, 0.29) is 11.8 Å². The van der Waals surface area contributed by atoms with Crippen LogP contribution in [0.1, 0.15) is 24.8 Å². The first-order chi connectivity index (χ1) is 9.58. The van der Waals surface area contributed by atoms with Crippen LogP contribution in [0.15, 0.2) is 24.3 Å². The van der Waals surface area contributed by atoms with Crippen molar-refractivity contribution in [1.29, 1.82) is 0 Å². The summed E-state index contributed by atoms with van der Waals surface area (Å²) < 4.78 is 0. The zero-order valence-corrected chi connectivity index (χ0v) is 11.9. The van der Waals surface area contributed by atoms with Gasteiger partial charge in [-0.2, -0.15) is 0 Å². The maximum absolute atomic E-state index is 12.0. The van der Waals surface area contributed by atoms with Crippen molar-refractivity contribution in [2.24, 2.45) is 11.8 Å². The van der Waals surface area contributed by atoms with Gasteiger partial charge in [-0.3, -0.25) is 9.59 Å². The summed E-state index contributed by atoms with van der Waals surface area (Å²) in [4.78, 5) is 23.1. The average molecular weight is 296 g/mol. The normalized spacial score (nSPS) is 21.6. The molecular weight excluding hydrogens is 278 g/mol. The summed E-state index contributed by atoms with van der Waals surface area (Å²) in [5.41, 5.74) is 1.09. The Kier molecular flexibility index (Phi) is 5.01. The van der Waals surface area contributed by atoms with Gasteiger partial charge in [0.25, 0.3) is 0 Å². The molecule has 1 saturated carbocycles. The molecule has 1 amide bonds. The number of amides is 1. The van der Waals surface area contributed by atoms with Crippen molar-refractivity contribution >= 4 is 23.5 Å². The fourth-order valence-electron chi connectivity index (χ4n) is 2.68. The number of carboxylic acid groups (broad SMARTS) is 1. The number of hydrogen-bond donors (Lipinski definition) is 2. The number of aliphatic carboxylic acids is 1. The maximum atomic E-state index is 12.0. The number of carboxylic acids is 1. The van der Waals surface area contributed by atoms with Crippen molar-refractivity contribution in [3.63, 3.8) is 0 Å². The third kappa shape index (κ3) is 3.73. The van der Waals surface area contributed by atoms with Crippen molar-refractivity contribution in [3.8, 4) is 0 Å². The van der Waals surface area contributed by atoms with Gasteiger partial charge < -0.3 is 10.4 Å². The molecule has 0 saturated heterocycles. The summed E-state index contributed by atoms with van der Waals surface area (Å²) in [5, 5.41) is 12.6. The summed E-state index contributed by atoms with van der Waals surface area (Å²) in [6, 6.07) is 7.47. The van der Waals surface area contributed by atoms with Crippen molar-refractivity contribution in [1.82, 2.24) is 5.32 Å². The van der Waals surface area contributed by atoms with Gasteiger partial charge in [-0.15, -0.1) is 0 Å². The zero-order valence-electron chi connectivity index (χ0n) is 11.1. The van der Waals surface area contributed by atoms with E-state index < -0.39 is 11.9 Å². The molecule has 0 aromatic heterocycles. The summed E-state index contributed by atoms with van der Waals surface area (Å²) in [6.07, 6.45) is 2.80. The van der Waals surface area contributed by atoms with E-state index in [1.807, 2.05) is 24.3 Å². The van der Waals surface area contributed by atoms with E-state index in [4.69, 9.17) is 16.7 Å². The molecule has 4 nitrogen and oxygen atoms in total. The van der Waals surface area contributed by atoms with Crippen LogP contribution in [0.2, 0.25) is 5.02 Å². The van der Waals surface area contributed by atoms with Crippen LogP contribution < -0.4 is 5.32 Å². The zero-order chi connectivity index (χ0) is 14.5. The van der Waals surface area contributed by atoms with E-state index in [0.717, 1.165) is 12.0 Å². The van der Waals surface area contributed by atoms with E-state index in [9.17, 15) is 9.59 Å². The smallest absolute Gasteiger partial charge is 0.307 e. The maximum Gasteiger partial charge on any atom is 0.307 e. The Balaban J connectivity index is 1.80. The molecule has 1 aliphatic rings. The fourth-order valence-corrected chi connectivity index (χ4v) is 2.81. The fraction of sp³-hybridized carbons (Fsp3) is 0.467. The Morgan fingerprint density at radius 2 is 1.85 bits per heavy atom. The molecule has 20 heavy (non-hydrogen) atoms. The van der Waals surface area contributed by atoms with Gasteiger partial charge in [0.05, 0.1) is 11.8 Å². The topological polar surface area (TPSA) is 66.4 Å². The van der Waals surface area contributed by atoms with Crippen LogP contribution in [0, 0.1) is 11.8 Å². The number of rotatable bonds is 5. The van der Waals surface area contributed by atoms with Crippen LogP contribution in [0.5, 0.6) is 0 Å². The minimum atomic E-state index is -0.861. The van der Waals surface area contributed by atoms with Crippen LogP contribution in [-0.2, 0) is 16.0 Å². The number of halogens is 1. The lowest BCUT2D eigenvalue weighted by molar-refractivity contribution is -0.146. The third-order valence-electron chi connectivity index (χ3n) is 3.80. The minimum Gasteiger partial charge on any atom is -0.481 e. The molecule has 2 atom stereocenters. The molecule has 2 N–H and O–H groups in total. The first-order valence-electron chi connectivity index (χ1n) is 6.83. The predicted octanol–water partition coefficient (Wildman–Crippen LogP) is 2.50. The highest BCUT2D eigenvalue weighted by molar-refractivity contribution is 6.30. The lowest BCUT2D eigenvalue weighted by Gasteiger charge is -2.15. The molecule has 1 aliphatic carbocycles. The van der Waals surface area contributed by atoms with Crippen molar-refractivity contribution < 1.29 is 14.7 Å². The molecule has 1 fully saturated rings. The molecule has 2 unspecified atom stereocenters. The highest BCUT2D eigenvalue weighted by atomic mass is 35.5. The number of nitrogens with one attached hydrogen (secondary N) is 1. The highest BCUT2D eigenvalue weighted by Crippen LogP contribution is 2.31. The van der Waals surface area contributed by atoms with E-state index in [1.54, 1.807) is 0 Å². The van der Waals surface area contributed by atoms with Crippen LogP contribution >= 0.6 is 11.6 Å². The van der Waals surface area contributed by atoms with E-state index in [1.165, 1.54) is 0 Å². The molecule has 5 heteroatoms. The van der Waals surface area contributed by atoms with Crippen molar-refractivity contribution in [2.75, 3.05) is 6.54 Å². The largest absolute Gasteiger partial charge is 0.481 e. The van der Waals surface area contributed by atoms with Crippen molar-refractivity contribution in [3.05, 3.63) is 34.9 Å². The molecule has 108 valence electrons. The number of carbonyl (C=O) groups excluding carboxylic acids is 1. The average Bonchev–Trinajstić information content (AvgIpc) is 2.90. The summed E-state index contributed by atoms with van der Waals surface area (Å²) >= 11 is 5.80. The van der Waals surface area contributed by atoms with Crippen LogP contribution in [0.25, 0.3) is 0 Å². The Hall–Kier alpha value is -1.55. The van der Waals surface area contributed by atoms with Gasteiger partial charge in [-0.05, 0) is 37.0 Å². The Morgan fingerprint density at radius 3 is 2.50 bits per heavy atom. The van der Waals surface area contributed by atoms with Gasteiger partial charge in [-0.1, -0.05) is 30.2 Å². The second-order valence-corrected chi connectivity index (χ2v) is 5.59. The van der Waals surface area contributed by atoms with Gasteiger partial charge >= 0.3 is 5.97 Å². The second kappa shape index (κ2) is 6.75. The molecular formula is C15H18ClNO3. The van der Waals surface area contributed by atoms with Gasteiger partial charge in [0.15, 0.2) is 0 Å². The molecule has 1 aromatic carbocycles. The Morgan fingerprint density at radius 1 is 1.20 bits per heavy atom. The lowest BCUT2D eigenvalue weighted by Crippen LogP contribution is -2.36. The molecule has 1 aromatic rings. The van der Waals surface area contributed by atoms with E-state index in [0.29, 0.717) is 30.8 Å². The molecule has 0 aliphatic heterocycles. The number of carbonyl (C=O) groups is 2. The highest BCUT2D eigenvalue weighted by Gasteiger charge is 2.37. The monoisotopic (exact) mass is 295 g/mol. The van der Waals surface area contributed by atoms with Gasteiger partial charge in [-0.25, -0.2) is 0 Å². The van der Waals surface area contributed by atoms with E-state index in [2.05, 4.69) is 5.32 Å². The lowest BCUT2D eigenvalue weighted by atomic mass is 9.95. The Labute approximate surface area is 123 Å². The second-order valence-electron chi connectivity index (χ2n) is 5.15. The predicted molar refractivity (Wildman–Crippen MR) is 76.6 cm³/mol. The molecule has 0 bridgehead atoms. The first kappa shape index (κ1) is 14.9. The SMILES string of the molecule is O=C(O)C1CCCC1C(=O)NCCc1ccc(Cl)cc1. The first-order valence-corrected chi connectivity index (χ1v) is 7.20. The minimum absolute atomic E-state index is 0.135. The molecule has 0 heterocycles. The van der Waals surface area contributed by atoms with Crippen LogP contribution in [0.3, 0.4) is 0 Å². The van der Waals surface area contributed by atoms with Crippen molar-refractivity contribution in [2.45, 2.75) is 25.7 Å².